The summed E-state index contributed by atoms with van der Waals surface area (Å²) in [5.74, 6) is -1.23. The third-order valence-electron chi connectivity index (χ3n) is 2.51. The van der Waals surface area contributed by atoms with Crippen LogP contribution in [0.4, 0.5) is 4.79 Å². The number of aromatic hydroxyl groups is 3. The van der Waals surface area contributed by atoms with E-state index >= 15 is 0 Å². The molecule has 0 aromatic heterocycles. The lowest BCUT2D eigenvalue weighted by Gasteiger charge is -2.09. The largest absolute Gasteiger partial charge is 0.519 e. The Kier molecular flexibility index (Phi) is 4.03. The van der Waals surface area contributed by atoms with Crippen LogP contribution in [0, 0.1) is 0 Å². The van der Waals surface area contributed by atoms with Crippen molar-refractivity contribution in [1.82, 2.24) is 0 Å². The number of phenolic OH excluding ortho intramolecular Hbond substituents is 3. The molecular formula is C14H12O7. The fourth-order valence-electron chi connectivity index (χ4n) is 1.55. The standard InChI is InChI=1S/C14H12O7/c1-19-12-6-5-8(7-11(12)17)20-14(18)21-13-9(15)3-2-4-10(13)16/h2-7,15-17H,1H3. The number of phenols is 3. The van der Waals surface area contributed by atoms with Crippen molar-refractivity contribution in [3.8, 4) is 34.5 Å². The van der Waals surface area contributed by atoms with E-state index in [1.165, 1.54) is 37.4 Å². The van der Waals surface area contributed by atoms with E-state index in [1.807, 2.05) is 0 Å². The van der Waals surface area contributed by atoms with E-state index in [0.717, 1.165) is 6.07 Å². The molecule has 0 aliphatic carbocycles. The third-order valence-corrected chi connectivity index (χ3v) is 2.51. The van der Waals surface area contributed by atoms with Gasteiger partial charge in [-0.05, 0) is 24.3 Å². The third kappa shape index (κ3) is 3.27. The zero-order valence-electron chi connectivity index (χ0n) is 10.9. The Bertz CT molecular complexity index is 646. The number of rotatable bonds is 3. The molecule has 3 N–H and O–H groups in total. The highest BCUT2D eigenvalue weighted by molar-refractivity contribution is 5.70. The Morgan fingerprint density at radius 2 is 1.62 bits per heavy atom. The maximum atomic E-state index is 11.6. The van der Waals surface area contributed by atoms with Gasteiger partial charge in [0.25, 0.3) is 0 Å². The number of hydrogen-bond acceptors (Lipinski definition) is 7. The average molecular weight is 292 g/mol. The van der Waals surface area contributed by atoms with Gasteiger partial charge in [-0.25, -0.2) is 4.79 Å². The second-order valence-corrected chi connectivity index (χ2v) is 3.91. The molecule has 0 aliphatic rings. The highest BCUT2D eigenvalue weighted by Crippen LogP contribution is 2.35. The van der Waals surface area contributed by atoms with Crippen LogP contribution in [-0.4, -0.2) is 28.6 Å². The number of benzene rings is 2. The Morgan fingerprint density at radius 3 is 2.19 bits per heavy atom. The summed E-state index contributed by atoms with van der Waals surface area (Å²) in [5.41, 5.74) is 0. The normalized spacial score (nSPS) is 9.95. The average Bonchev–Trinajstić information content (AvgIpc) is 2.43. The molecule has 0 spiro atoms. The van der Waals surface area contributed by atoms with Gasteiger partial charge in [0.2, 0.25) is 5.75 Å². The minimum Gasteiger partial charge on any atom is -0.504 e. The van der Waals surface area contributed by atoms with Crippen molar-refractivity contribution in [3.63, 3.8) is 0 Å². The summed E-state index contributed by atoms with van der Waals surface area (Å²) in [6.07, 6.45) is -1.18. The van der Waals surface area contributed by atoms with Crippen LogP contribution < -0.4 is 14.2 Å². The fourth-order valence-corrected chi connectivity index (χ4v) is 1.55. The summed E-state index contributed by atoms with van der Waals surface area (Å²) in [6.45, 7) is 0. The number of methoxy groups -OCH3 is 1. The second-order valence-electron chi connectivity index (χ2n) is 3.91. The van der Waals surface area contributed by atoms with Gasteiger partial charge in [0.05, 0.1) is 7.11 Å². The Balaban J connectivity index is 2.10. The van der Waals surface area contributed by atoms with Crippen molar-refractivity contribution in [2.24, 2.45) is 0 Å². The van der Waals surface area contributed by atoms with Gasteiger partial charge >= 0.3 is 6.16 Å². The van der Waals surface area contributed by atoms with Gasteiger partial charge in [-0.3, -0.25) is 0 Å². The molecule has 0 radical (unpaired) electrons. The number of para-hydroxylation sites is 1. The van der Waals surface area contributed by atoms with Crippen LogP contribution in [0.2, 0.25) is 0 Å². The van der Waals surface area contributed by atoms with Crippen LogP contribution in [0.3, 0.4) is 0 Å². The minimum atomic E-state index is -1.18. The molecule has 0 saturated carbocycles. The molecule has 7 nitrogen and oxygen atoms in total. The summed E-state index contributed by atoms with van der Waals surface area (Å²) in [6, 6.07) is 7.79. The van der Waals surface area contributed by atoms with Crippen molar-refractivity contribution >= 4 is 6.16 Å². The van der Waals surface area contributed by atoms with Gasteiger partial charge in [-0.2, -0.15) is 0 Å². The first-order valence-electron chi connectivity index (χ1n) is 5.79. The summed E-state index contributed by atoms with van der Waals surface area (Å²) in [7, 11) is 1.38. The van der Waals surface area contributed by atoms with Crippen LogP contribution >= 0.6 is 0 Å². The van der Waals surface area contributed by atoms with E-state index in [-0.39, 0.29) is 17.2 Å². The summed E-state index contributed by atoms with van der Waals surface area (Å²) < 4.78 is 14.4. The topological polar surface area (TPSA) is 105 Å². The molecule has 0 atom stereocenters. The fraction of sp³-hybridized carbons (Fsp3) is 0.0714. The smallest absolute Gasteiger partial charge is 0.504 e. The minimum absolute atomic E-state index is 0.00760. The highest BCUT2D eigenvalue weighted by Gasteiger charge is 2.16. The Labute approximate surface area is 119 Å². The number of ether oxygens (including phenoxy) is 3. The first kappa shape index (κ1) is 14.3. The SMILES string of the molecule is COc1ccc(OC(=O)Oc2c(O)cccc2O)cc1O. The molecule has 0 unspecified atom stereocenters. The number of carbonyl (C=O) groups is 1. The van der Waals surface area contributed by atoms with Gasteiger partial charge < -0.3 is 29.5 Å². The molecule has 21 heavy (non-hydrogen) atoms. The van der Waals surface area contributed by atoms with E-state index in [1.54, 1.807) is 0 Å². The number of carbonyl (C=O) groups excluding carboxylic acids is 1. The molecule has 2 aromatic rings. The van der Waals surface area contributed by atoms with E-state index in [2.05, 4.69) is 0 Å². The first-order chi connectivity index (χ1) is 10.0. The summed E-state index contributed by atoms with van der Waals surface area (Å²) in [4.78, 5) is 11.6. The summed E-state index contributed by atoms with van der Waals surface area (Å²) >= 11 is 0. The molecule has 2 rings (SSSR count). The lowest BCUT2D eigenvalue weighted by Crippen LogP contribution is -2.13. The predicted molar refractivity (Wildman–Crippen MR) is 71.1 cm³/mol. The van der Waals surface area contributed by atoms with Gasteiger partial charge in [0, 0.05) is 6.07 Å². The molecule has 0 amide bonds. The molecule has 2 aromatic carbocycles. The van der Waals surface area contributed by atoms with E-state index < -0.39 is 23.4 Å². The number of hydrogen-bond donors (Lipinski definition) is 3. The highest BCUT2D eigenvalue weighted by atomic mass is 16.7. The predicted octanol–water partition coefficient (Wildman–Crippen LogP) is 2.39. The molecule has 110 valence electrons. The molecule has 0 heterocycles. The van der Waals surface area contributed by atoms with Crippen LogP contribution in [-0.2, 0) is 0 Å². The van der Waals surface area contributed by atoms with Crippen LogP contribution in [0.1, 0.15) is 0 Å². The first-order valence-corrected chi connectivity index (χ1v) is 5.79. The van der Waals surface area contributed by atoms with Crippen LogP contribution in [0.5, 0.6) is 34.5 Å². The van der Waals surface area contributed by atoms with E-state index in [9.17, 15) is 20.1 Å². The zero-order chi connectivity index (χ0) is 15.4. The van der Waals surface area contributed by atoms with Crippen molar-refractivity contribution in [2.45, 2.75) is 0 Å². The van der Waals surface area contributed by atoms with Gasteiger partial charge in [-0.1, -0.05) is 6.07 Å². The van der Waals surface area contributed by atoms with Gasteiger partial charge in [-0.15, -0.1) is 0 Å². The van der Waals surface area contributed by atoms with Crippen molar-refractivity contribution in [2.75, 3.05) is 7.11 Å². The van der Waals surface area contributed by atoms with Crippen molar-refractivity contribution < 1.29 is 34.3 Å². The molecule has 0 saturated heterocycles. The molecule has 0 fully saturated rings. The maximum Gasteiger partial charge on any atom is 0.519 e. The molecule has 0 aliphatic heterocycles. The zero-order valence-corrected chi connectivity index (χ0v) is 10.9. The van der Waals surface area contributed by atoms with Crippen molar-refractivity contribution in [3.05, 3.63) is 36.4 Å². The quantitative estimate of drug-likeness (QED) is 0.589. The maximum absolute atomic E-state index is 11.6. The Morgan fingerprint density at radius 1 is 0.952 bits per heavy atom. The van der Waals surface area contributed by atoms with Gasteiger partial charge in [0.1, 0.15) is 5.75 Å². The Hall–Kier alpha value is -3.09. The summed E-state index contributed by atoms with van der Waals surface area (Å²) in [5, 5.41) is 28.5. The lowest BCUT2D eigenvalue weighted by atomic mass is 10.3. The molecule has 0 bridgehead atoms. The second kappa shape index (κ2) is 5.91. The van der Waals surface area contributed by atoms with Crippen molar-refractivity contribution in [1.29, 1.82) is 0 Å². The monoisotopic (exact) mass is 292 g/mol. The van der Waals surface area contributed by atoms with E-state index in [0.29, 0.717) is 0 Å². The van der Waals surface area contributed by atoms with Crippen LogP contribution in [0.25, 0.3) is 0 Å². The lowest BCUT2D eigenvalue weighted by molar-refractivity contribution is 0.148. The molecule has 7 heteroatoms. The van der Waals surface area contributed by atoms with Gasteiger partial charge in [0.15, 0.2) is 23.0 Å². The molecular weight excluding hydrogens is 280 g/mol. The van der Waals surface area contributed by atoms with Crippen LogP contribution in [0.15, 0.2) is 36.4 Å². The van der Waals surface area contributed by atoms with E-state index in [4.69, 9.17) is 14.2 Å².